The average molecular weight is 418 g/mol. The number of rotatable bonds is 6. The molecular formula is C22H31N3O5. The van der Waals surface area contributed by atoms with Crippen LogP contribution in [0.15, 0.2) is 24.3 Å². The summed E-state index contributed by atoms with van der Waals surface area (Å²) in [6.07, 6.45) is 7.59. The van der Waals surface area contributed by atoms with Gasteiger partial charge < -0.3 is 14.4 Å². The second kappa shape index (κ2) is 8.89. The van der Waals surface area contributed by atoms with Gasteiger partial charge in [0, 0.05) is 31.8 Å². The summed E-state index contributed by atoms with van der Waals surface area (Å²) in [5.41, 5.74) is -0.0517. The molecule has 2 heterocycles. The second-order valence-electron chi connectivity index (χ2n) is 8.80. The van der Waals surface area contributed by atoms with Gasteiger partial charge in [-0.1, -0.05) is 6.07 Å². The van der Waals surface area contributed by atoms with E-state index < -0.39 is 4.92 Å². The minimum absolute atomic E-state index is 0.00683. The van der Waals surface area contributed by atoms with Gasteiger partial charge in [-0.3, -0.25) is 19.8 Å². The second-order valence-corrected chi connectivity index (χ2v) is 8.80. The summed E-state index contributed by atoms with van der Waals surface area (Å²) in [6, 6.07) is 6.40. The lowest BCUT2D eigenvalue weighted by Gasteiger charge is -2.48. The molecule has 0 aromatic heterocycles. The van der Waals surface area contributed by atoms with Crippen LogP contribution in [0.2, 0.25) is 0 Å². The fourth-order valence-corrected chi connectivity index (χ4v) is 5.35. The van der Waals surface area contributed by atoms with Crippen molar-refractivity contribution < 1.29 is 19.2 Å². The Bertz CT molecular complexity index is 774. The van der Waals surface area contributed by atoms with E-state index in [0.717, 1.165) is 51.8 Å². The van der Waals surface area contributed by atoms with Gasteiger partial charge in [0.15, 0.2) is 6.61 Å². The lowest BCUT2D eigenvalue weighted by Crippen LogP contribution is -2.58. The maximum atomic E-state index is 12.9. The summed E-state index contributed by atoms with van der Waals surface area (Å²) >= 11 is 0. The Kier molecular flexibility index (Phi) is 6.24. The fourth-order valence-electron chi connectivity index (χ4n) is 5.35. The van der Waals surface area contributed by atoms with Crippen LogP contribution in [0.1, 0.15) is 44.9 Å². The van der Waals surface area contributed by atoms with Crippen LogP contribution in [0.4, 0.5) is 5.69 Å². The molecule has 1 saturated carbocycles. The molecule has 0 radical (unpaired) electrons. The summed E-state index contributed by atoms with van der Waals surface area (Å²) < 4.78 is 11.8. The van der Waals surface area contributed by atoms with Crippen molar-refractivity contribution in [1.29, 1.82) is 0 Å². The normalized spacial score (nSPS) is 29.2. The third-order valence-electron chi connectivity index (χ3n) is 7.00. The molecule has 4 rings (SSSR count). The predicted octanol–water partition coefficient (Wildman–Crippen LogP) is 3.00. The number of carbonyl (C=O) groups is 1. The number of ether oxygens (including phenoxy) is 2. The van der Waals surface area contributed by atoms with E-state index in [0.29, 0.717) is 11.8 Å². The Morgan fingerprint density at radius 2 is 2.13 bits per heavy atom. The largest absolute Gasteiger partial charge is 0.484 e. The van der Waals surface area contributed by atoms with Crippen molar-refractivity contribution in [3.8, 4) is 5.75 Å². The highest BCUT2D eigenvalue weighted by atomic mass is 16.6. The number of non-ortho nitro benzene ring substituents is 1. The molecule has 0 bridgehead atoms. The van der Waals surface area contributed by atoms with Crippen molar-refractivity contribution in [2.75, 3.05) is 33.4 Å². The van der Waals surface area contributed by atoms with E-state index in [2.05, 4.69) is 4.90 Å². The molecule has 2 saturated heterocycles. The molecule has 1 amide bonds. The van der Waals surface area contributed by atoms with Crippen molar-refractivity contribution in [1.82, 2.24) is 9.80 Å². The predicted molar refractivity (Wildman–Crippen MR) is 112 cm³/mol. The van der Waals surface area contributed by atoms with Crippen LogP contribution in [0.25, 0.3) is 0 Å². The number of hydrogen-bond acceptors (Lipinski definition) is 6. The molecule has 3 fully saturated rings. The number of nitro groups is 1. The van der Waals surface area contributed by atoms with Gasteiger partial charge in [-0.05, 0) is 64.1 Å². The zero-order valence-electron chi connectivity index (χ0n) is 17.6. The van der Waals surface area contributed by atoms with Gasteiger partial charge in [-0.15, -0.1) is 0 Å². The number of nitro benzene ring substituents is 1. The molecule has 8 heteroatoms. The molecule has 1 spiro atoms. The van der Waals surface area contributed by atoms with E-state index >= 15 is 0 Å². The molecule has 30 heavy (non-hydrogen) atoms. The zero-order chi connectivity index (χ0) is 21.1. The molecule has 8 nitrogen and oxygen atoms in total. The van der Waals surface area contributed by atoms with Crippen molar-refractivity contribution in [2.45, 2.75) is 62.6 Å². The summed E-state index contributed by atoms with van der Waals surface area (Å²) in [5, 5.41) is 10.9. The highest BCUT2D eigenvalue weighted by Crippen LogP contribution is 2.42. The first-order valence-corrected chi connectivity index (χ1v) is 11.0. The smallest absolute Gasteiger partial charge is 0.273 e. The van der Waals surface area contributed by atoms with E-state index in [4.69, 9.17) is 9.47 Å². The molecule has 2 aliphatic heterocycles. The van der Waals surface area contributed by atoms with E-state index in [9.17, 15) is 14.9 Å². The number of likely N-dealkylation sites (N-methyl/N-ethyl adjacent to an activating group) is 1. The van der Waals surface area contributed by atoms with Crippen LogP contribution in [0.5, 0.6) is 5.75 Å². The van der Waals surface area contributed by atoms with Gasteiger partial charge in [-0.2, -0.15) is 0 Å². The highest BCUT2D eigenvalue weighted by Gasteiger charge is 2.47. The van der Waals surface area contributed by atoms with Crippen LogP contribution in [0.3, 0.4) is 0 Å². The lowest BCUT2D eigenvalue weighted by atomic mass is 9.76. The van der Waals surface area contributed by atoms with Gasteiger partial charge in [0.1, 0.15) is 5.75 Å². The Hall–Kier alpha value is -2.19. The number of amides is 1. The Morgan fingerprint density at radius 3 is 2.83 bits per heavy atom. The van der Waals surface area contributed by atoms with E-state index in [1.54, 1.807) is 12.1 Å². The van der Waals surface area contributed by atoms with E-state index in [-0.39, 0.29) is 29.8 Å². The topological polar surface area (TPSA) is 85.2 Å². The Labute approximate surface area is 177 Å². The zero-order valence-corrected chi connectivity index (χ0v) is 17.6. The van der Waals surface area contributed by atoms with E-state index in [1.807, 2.05) is 11.9 Å². The first-order chi connectivity index (χ1) is 14.5. The van der Waals surface area contributed by atoms with E-state index in [1.165, 1.54) is 25.0 Å². The number of hydrogen-bond donors (Lipinski definition) is 0. The summed E-state index contributed by atoms with van der Waals surface area (Å²) in [7, 11) is 1.86. The number of nitrogens with zero attached hydrogens (tertiary/aromatic N) is 3. The quantitative estimate of drug-likeness (QED) is 0.523. The van der Waals surface area contributed by atoms with Crippen molar-refractivity contribution in [2.24, 2.45) is 0 Å². The SMILES string of the molecule is CN(C(=O)COc1cccc([N+](=O)[O-])c1)[C@H]1CC[C@@]2(CCCO2)C[C@@H]1N1CCCC1. The monoisotopic (exact) mass is 417 g/mol. The molecule has 0 N–H and O–H groups in total. The summed E-state index contributed by atoms with van der Waals surface area (Å²) in [4.78, 5) is 27.8. The first-order valence-electron chi connectivity index (χ1n) is 11.0. The standard InChI is InChI=1S/C22H31N3O5/c1-23(21(26)16-29-18-7-4-6-17(14-18)25(27)28)19-8-10-22(9-5-13-30-22)15-20(19)24-11-2-3-12-24/h4,6-7,14,19-20H,2-3,5,8-13,15-16H2,1H3/t19-,20-,22-/m0/s1. The molecule has 1 aromatic rings. The fraction of sp³-hybridized carbons (Fsp3) is 0.682. The Balaban J connectivity index is 1.41. The number of carbonyl (C=O) groups excluding carboxylic acids is 1. The average Bonchev–Trinajstić information content (AvgIpc) is 3.44. The molecule has 1 aliphatic carbocycles. The first kappa shape index (κ1) is 21.1. The highest BCUT2D eigenvalue weighted by molar-refractivity contribution is 5.78. The Morgan fingerprint density at radius 1 is 1.33 bits per heavy atom. The van der Waals surface area contributed by atoms with Crippen LogP contribution < -0.4 is 4.74 Å². The summed E-state index contributed by atoms with van der Waals surface area (Å²) in [5.74, 6) is 0.239. The van der Waals surface area contributed by atoms with Crippen LogP contribution in [-0.4, -0.2) is 71.7 Å². The molecule has 0 unspecified atom stereocenters. The lowest BCUT2D eigenvalue weighted by molar-refractivity contribution is -0.384. The van der Waals surface area contributed by atoms with Crippen LogP contribution in [-0.2, 0) is 9.53 Å². The number of likely N-dealkylation sites (tertiary alicyclic amines) is 1. The van der Waals surface area contributed by atoms with Crippen LogP contribution in [0, 0.1) is 10.1 Å². The van der Waals surface area contributed by atoms with Gasteiger partial charge in [0.05, 0.1) is 16.6 Å². The summed E-state index contributed by atoms with van der Waals surface area (Å²) in [6.45, 7) is 2.90. The molecule has 1 aromatic carbocycles. The minimum atomic E-state index is -0.468. The van der Waals surface area contributed by atoms with Crippen molar-refractivity contribution in [3.05, 3.63) is 34.4 Å². The molecule has 3 aliphatic rings. The number of benzene rings is 1. The van der Waals surface area contributed by atoms with Crippen molar-refractivity contribution in [3.63, 3.8) is 0 Å². The van der Waals surface area contributed by atoms with Gasteiger partial charge >= 0.3 is 0 Å². The third-order valence-corrected chi connectivity index (χ3v) is 7.00. The van der Waals surface area contributed by atoms with Gasteiger partial charge in [-0.25, -0.2) is 0 Å². The van der Waals surface area contributed by atoms with Gasteiger partial charge in [0.2, 0.25) is 0 Å². The molecule has 164 valence electrons. The minimum Gasteiger partial charge on any atom is -0.484 e. The molecule has 3 atom stereocenters. The van der Waals surface area contributed by atoms with Crippen molar-refractivity contribution >= 4 is 11.6 Å². The third kappa shape index (κ3) is 4.44. The maximum Gasteiger partial charge on any atom is 0.273 e. The van der Waals surface area contributed by atoms with Gasteiger partial charge in [0.25, 0.3) is 11.6 Å². The maximum absolute atomic E-state index is 12.9. The van der Waals surface area contributed by atoms with Crippen LogP contribution >= 0.6 is 0 Å². The molecular weight excluding hydrogens is 386 g/mol.